The molecule has 0 spiro atoms. The Balaban J connectivity index is 2.02. The molecule has 0 bridgehead atoms. The van der Waals surface area contributed by atoms with E-state index in [1.807, 2.05) is 0 Å². The number of nitrogens with zero attached hydrogens (tertiary/aromatic N) is 1. The van der Waals surface area contributed by atoms with Crippen molar-refractivity contribution < 1.29 is 13.5 Å². The number of nitrogens with one attached hydrogen (secondary N) is 1. The summed E-state index contributed by atoms with van der Waals surface area (Å²) in [7, 11) is -3.42. The molecule has 4 unspecified atom stereocenters. The summed E-state index contributed by atoms with van der Waals surface area (Å²) in [6, 6.07) is -0.105. The van der Waals surface area contributed by atoms with E-state index < -0.39 is 10.2 Å². The van der Waals surface area contributed by atoms with Gasteiger partial charge < -0.3 is 5.11 Å². The number of rotatable bonds is 4. The molecule has 0 aromatic heterocycles. The van der Waals surface area contributed by atoms with Crippen LogP contribution in [0.15, 0.2) is 0 Å². The molecule has 0 aromatic rings. The largest absolute Gasteiger partial charge is 0.396 e. The normalized spacial score (nSPS) is 37.0. The van der Waals surface area contributed by atoms with E-state index in [0.29, 0.717) is 24.9 Å². The second-order valence-electron chi connectivity index (χ2n) is 6.72. The molecule has 4 atom stereocenters. The highest BCUT2D eigenvalue weighted by Crippen LogP contribution is 2.27. The van der Waals surface area contributed by atoms with Gasteiger partial charge in [-0.3, -0.25) is 0 Å². The van der Waals surface area contributed by atoms with Gasteiger partial charge in [0.1, 0.15) is 0 Å². The van der Waals surface area contributed by atoms with E-state index in [4.69, 9.17) is 0 Å². The second kappa shape index (κ2) is 6.73. The topological polar surface area (TPSA) is 69.6 Å². The van der Waals surface area contributed by atoms with Crippen LogP contribution in [0.5, 0.6) is 0 Å². The summed E-state index contributed by atoms with van der Waals surface area (Å²) in [5.41, 5.74) is 0. The Hall–Kier alpha value is -0.170. The van der Waals surface area contributed by atoms with E-state index in [2.05, 4.69) is 18.6 Å². The van der Waals surface area contributed by atoms with Gasteiger partial charge in [-0.05, 0) is 37.0 Å². The maximum absolute atomic E-state index is 12.5. The van der Waals surface area contributed by atoms with E-state index in [0.717, 1.165) is 32.1 Å². The summed E-state index contributed by atoms with van der Waals surface area (Å²) in [5.74, 6) is 0.892. The Morgan fingerprint density at radius 2 is 1.75 bits per heavy atom. The summed E-state index contributed by atoms with van der Waals surface area (Å²) >= 11 is 0. The fourth-order valence-corrected chi connectivity index (χ4v) is 5.39. The summed E-state index contributed by atoms with van der Waals surface area (Å²) < 4.78 is 29.5. The first-order chi connectivity index (χ1) is 9.42. The van der Waals surface area contributed by atoms with Crippen molar-refractivity contribution >= 4 is 10.2 Å². The van der Waals surface area contributed by atoms with E-state index in [1.54, 1.807) is 4.31 Å². The first kappa shape index (κ1) is 16.2. The molecule has 5 nitrogen and oxygen atoms in total. The standard InChI is InChI=1S/C14H28N2O3S/c1-11-7-12(2)9-16(8-11)20(18,19)15-14-6-4-3-5-13(14)10-17/h11-15,17H,3-10H2,1-2H3. The number of hydrogen-bond donors (Lipinski definition) is 2. The van der Waals surface area contributed by atoms with Crippen LogP contribution in [-0.2, 0) is 10.2 Å². The molecule has 20 heavy (non-hydrogen) atoms. The van der Waals surface area contributed by atoms with Crippen molar-refractivity contribution in [2.24, 2.45) is 17.8 Å². The molecule has 2 rings (SSSR count). The van der Waals surface area contributed by atoms with Crippen LogP contribution < -0.4 is 4.72 Å². The van der Waals surface area contributed by atoms with Crippen LogP contribution in [0.25, 0.3) is 0 Å². The molecule has 2 N–H and O–H groups in total. The van der Waals surface area contributed by atoms with Crippen LogP contribution in [-0.4, -0.2) is 43.6 Å². The molecule has 1 saturated carbocycles. The van der Waals surface area contributed by atoms with Gasteiger partial charge in [-0.25, -0.2) is 0 Å². The van der Waals surface area contributed by atoms with Crippen LogP contribution in [0.3, 0.4) is 0 Å². The van der Waals surface area contributed by atoms with Gasteiger partial charge in [-0.2, -0.15) is 17.4 Å². The van der Waals surface area contributed by atoms with Gasteiger partial charge in [0.25, 0.3) is 10.2 Å². The Bertz CT molecular complexity index is 403. The van der Waals surface area contributed by atoms with Gasteiger partial charge in [0.2, 0.25) is 0 Å². The lowest BCUT2D eigenvalue weighted by Gasteiger charge is -2.37. The minimum Gasteiger partial charge on any atom is -0.396 e. The third-order valence-electron chi connectivity index (χ3n) is 4.62. The quantitative estimate of drug-likeness (QED) is 0.824. The Labute approximate surface area is 122 Å². The van der Waals surface area contributed by atoms with Crippen molar-refractivity contribution in [2.75, 3.05) is 19.7 Å². The fraction of sp³-hybridized carbons (Fsp3) is 1.00. The maximum Gasteiger partial charge on any atom is 0.279 e. The molecule has 2 aliphatic rings. The minimum absolute atomic E-state index is 0.0677. The highest BCUT2D eigenvalue weighted by atomic mass is 32.2. The Morgan fingerprint density at radius 3 is 2.35 bits per heavy atom. The van der Waals surface area contributed by atoms with Gasteiger partial charge in [0.15, 0.2) is 0 Å². The predicted molar refractivity (Wildman–Crippen MR) is 79.4 cm³/mol. The first-order valence-electron chi connectivity index (χ1n) is 7.80. The van der Waals surface area contributed by atoms with Crippen molar-refractivity contribution in [2.45, 2.75) is 52.0 Å². The molecule has 6 heteroatoms. The zero-order valence-electron chi connectivity index (χ0n) is 12.6. The van der Waals surface area contributed by atoms with Gasteiger partial charge in [-0.15, -0.1) is 0 Å². The molecule has 0 aromatic carbocycles. The zero-order chi connectivity index (χ0) is 14.8. The van der Waals surface area contributed by atoms with Crippen LogP contribution in [0.1, 0.15) is 46.0 Å². The van der Waals surface area contributed by atoms with Gasteiger partial charge >= 0.3 is 0 Å². The maximum atomic E-state index is 12.5. The lowest BCUT2D eigenvalue weighted by Crippen LogP contribution is -2.52. The van der Waals surface area contributed by atoms with Gasteiger partial charge in [-0.1, -0.05) is 26.7 Å². The van der Waals surface area contributed by atoms with Crippen LogP contribution in [0, 0.1) is 17.8 Å². The summed E-state index contributed by atoms with van der Waals surface area (Å²) in [4.78, 5) is 0. The van der Waals surface area contributed by atoms with Crippen molar-refractivity contribution in [1.29, 1.82) is 0 Å². The van der Waals surface area contributed by atoms with E-state index in [1.165, 1.54) is 0 Å². The van der Waals surface area contributed by atoms with Crippen LogP contribution >= 0.6 is 0 Å². The van der Waals surface area contributed by atoms with Gasteiger partial charge in [0.05, 0.1) is 0 Å². The molecular formula is C14H28N2O3S. The molecular weight excluding hydrogens is 276 g/mol. The Kier molecular flexibility index (Phi) is 5.45. The molecule has 2 fully saturated rings. The molecule has 0 amide bonds. The number of aliphatic hydroxyl groups is 1. The number of piperidine rings is 1. The van der Waals surface area contributed by atoms with Gasteiger partial charge in [0, 0.05) is 25.7 Å². The van der Waals surface area contributed by atoms with E-state index in [-0.39, 0.29) is 18.6 Å². The lowest BCUT2D eigenvalue weighted by molar-refractivity contribution is 0.160. The van der Waals surface area contributed by atoms with Crippen molar-refractivity contribution in [3.05, 3.63) is 0 Å². The molecule has 0 radical (unpaired) electrons. The van der Waals surface area contributed by atoms with E-state index in [9.17, 15) is 13.5 Å². The van der Waals surface area contributed by atoms with E-state index >= 15 is 0 Å². The molecule has 1 heterocycles. The van der Waals surface area contributed by atoms with Crippen molar-refractivity contribution in [3.8, 4) is 0 Å². The summed E-state index contributed by atoms with van der Waals surface area (Å²) in [6.07, 6.45) is 4.96. The molecule has 1 aliphatic heterocycles. The predicted octanol–water partition coefficient (Wildman–Crippen LogP) is 1.35. The molecule has 1 aliphatic carbocycles. The third-order valence-corrected chi connectivity index (χ3v) is 6.20. The average Bonchev–Trinajstić information content (AvgIpc) is 2.38. The molecule has 118 valence electrons. The van der Waals surface area contributed by atoms with Crippen LogP contribution in [0.2, 0.25) is 0 Å². The second-order valence-corrected chi connectivity index (χ2v) is 8.42. The smallest absolute Gasteiger partial charge is 0.279 e. The SMILES string of the molecule is CC1CC(C)CN(S(=O)(=O)NC2CCCCC2CO)C1. The van der Waals surface area contributed by atoms with Crippen molar-refractivity contribution in [1.82, 2.24) is 9.03 Å². The lowest BCUT2D eigenvalue weighted by atomic mass is 9.86. The summed E-state index contributed by atoms with van der Waals surface area (Å²) in [5, 5.41) is 9.40. The highest BCUT2D eigenvalue weighted by Gasteiger charge is 2.34. The van der Waals surface area contributed by atoms with Crippen molar-refractivity contribution in [3.63, 3.8) is 0 Å². The average molecular weight is 304 g/mol. The van der Waals surface area contributed by atoms with Crippen LogP contribution in [0.4, 0.5) is 0 Å². The molecule has 1 saturated heterocycles. The monoisotopic (exact) mass is 304 g/mol. The number of hydrogen-bond acceptors (Lipinski definition) is 3. The number of aliphatic hydroxyl groups excluding tert-OH is 1. The summed E-state index contributed by atoms with van der Waals surface area (Å²) in [6.45, 7) is 5.50. The zero-order valence-corrected chi connectivity index (χ0v) is 13.4. The first-order valence-corrected chi connectivity index (χ1v) is 9.24. The fourth-order valence-electron chi connectivity index (χ4n) is 3.65. The Morgan fingerprint density at radius 1 is 1.15 bits per heavy atom. The third kappa shape index (κ3) is 3.93. The highest BCUT2D eigenvalue weighted by molar-refractivity contribution is 7.87. The minimum atomic E-state index is -3.42.